The van der Waals surface area contributed by atoms with Crippen molar-refractivity contribution in [2.45, 2.75) is 19.3 Å². The van der Waals surface area contributed by atoms with Gasteiger partial charge in [0, 0.05) is 17.5 Å². The summed E-state index contributed by atoms with van der Waals surface area (Å²) in [5.41, 5.74) is 2.45. The number of likely N-dealkylation sites (tertiary alicyclic amines) is 1. The Hall–Kier alpha value is -2.92. The number of benzene rings is 2. The number of carboxylic acids is 1. The van der Waals surface area contributed by atoms with Crippen LogP contribution < -0.4 is 4.74 Å². The Bertz CT molecular complexity index is 966. The van der Waals surface area contributed by atoms with Gasteiger partial charge in [0.25, 0.3) is 0 Å². The molecular formula is C23H24N2O3. The number of carboxylic acid groups (broad SMARTS) is 1. The lowest BCUT2D eigenvalue weighted by atomic mass is 10.0. The zero-order chi connectivity index (χ0) is 19.3. The monoisotopic (exact) mass is 376 g/mol. The molecule has 1 aliphatic heterocycles. The van der Waals surface area contributed by atoms with Gasteiger partial charge in [-0.1, -0.05) is 36.8 Å². The molecule has 2 heterocycles. The summed E-state index contributed by atoms with van der Waals surface area (Å²) in [6.07, 6.45) is 3.83. The van der Waals surface area contributed by atoms with E-state index in [-0.39, 0.29) is 5.56 Å². The number of aromatic carboxylic acids is 1. The van der Waals surface area contributed by atoms with E-state index in [0.717, 1.165) is 25.2 Å². The number of ether oxygens (including phenoxy) is 1. The van der Waals surface area contributed by atoms with E-state index in [4.69, 9.17) is 4.74 Å². The van der Waals surface area contributed by atoms with Crippen molar-refractivity contribution in [1.82, 2.24) is 9.88 Å². The van der Waals surface area contributed by atoms with E-state index in [1.54, 1.807) is 12.1 Å². The van der Waals surface area contributed by atoms with Crippen LogP contribution in [0, 0.1) is 0 Å². The molecule has 0 atom stereocenters. The molecule has 3 aromatic rings. The van der Waals surface area contributed by atoms with E-state index in [1.807, 2.05) is 42.5 Å². The van der Waals surface area contributed by atoms with Crippen molar-refractivity contribution in [3.05, 3.63) is 60.2 Å². The minimum Gasteiger partial charge on any atom is -0.492 e. The zero-order valence-electron chi connectivity index (χ0n) is 15.8. The van der Waals surface area contributed by atoms with Crippen molar-refractivity contribution in [1.29, 1.82) is 0 Å². The highest BCUT2D eigenvalue weighted by Crippen LogP contribution is 2.28. The van der Waals surface area contributed by atoms with Crippen LogP contribution in [0.3, 0.4) is 0 Å². The van der Waals surface area contributed by atoms with E-state index in [2.05, 4.69) is 9.88 Å². The SMILES string of the molecule is O=C(O)c1cc(-c2ccccc2)nc2ccc(OCCN3CCCCC3)cc12. The van der Waals surface area contributed by atoms with Gasteiger partial charge < -0.3 is 9.84 Å². The standard InChI is InChI=1S/C23H24N2O3/c26-23(27)20-16-22(17-7-3-1-4-8-17)24-21-10-9-18(15-19(20)21)28-14-13-25-11-5-2-6-12-25/h1,3-4,7-10,15-16H,2,5-6,11-14H2,(H,26,27). The summed E-state index contributed by atoms with van der Waals surface area (Å²) in [6.45, 7) is 3.77. The molecular weight excluding hydrogens is 352 g/mol. The Morgan fingerprint density at radius 3 is 2.57 bits per heavy atom. The first-order chi connectivity index (χ1) is 13.7. The second-order valence-corrected chi connectivity index (χ2v) is 7.16. The summed E-state index contributed by atoms with van der Waals surface area (Å²) >= 11 is 0. The minimum atomic E-state index is -0.963. The second-order valence-electron chi connectivity index (χ2n) is 7.16. The maximum atomic E-state index is 11.9. The van der Waals surface area contributed by atoms with Gasteiger partial charge in [0.15, 0.2) is 0 Å². The lowest BCUT2D eigenvalue weighted by molar-refractivity contribution is 0.0699. The van der Waals surface area contributed by atoms with Gasteiger partial charge in [0.05, 0.1) is 16.8 Å². The quantitative estimate of drug-likeness (QED) is 0.688. The highest BCUT2D eigenvalue weighted by atomic mass is 16.5. The number of rotatable bonds is 6. The number of carbonyl (C=O) groups is 1. The Balaban J connectivity index is 1.57. The van der Waals surface area contributed by atoms with Crippen molar-refractivity contribution in [2.75, 3.05) is 26.2 Å². The lowest BCUT2D eigenvalue weighted by Gasteiger charge is -2.26. The number of hydrogen-bond donors (Lipinski definition) is 1. The van der Waals surface area contributed by atoms with Crippen LogP contribution in [0.25, 0.3) is 22.2 Å². The van der Waals surface area contributed by atoms with Crippen LogP contribution in [-0.4, -0.2) is 47.2 Å². The average molecular weight is 376 g/mol. The first kappa shape index (κ1) is 18.4. The molecule has 5 nitrogen and oxygen atoms in total. The number of hydrogen-bond acceptors (Lipinski definition) is 4. The third-order valence-electron chi connectivity index (χ3n) is 5.21. The Morgan fingerprint density at radius 1 is 1.04 bits per heavy atom. The summed E-state index contributed by atoms with van der Waals surface area (Å²) in [5, 5.41) is 10.3. The van der Waals surface area contributed by atoms with Crippen molar-refractivity contribution in [3.8, 4) is 17.0 Å². The van der Waals surface area contributed by atoms with Crippen LogP contribution in [0.2, 0.25) is 0 Å². The average Bonchev–Trinajstić information content (AvgIpc) is 2.74. The van der Waals surface area contributed by atoms with Gasteiger partial charge >= 0.3 is 5.97 Å². The van der Waals surface area contributed by atoms with E-state index in [0.29, 0.717) is 29.0 Å². The molecule has 1 aliphatic rings. The van der Waals surface area contributed by atoms with Gasteiger partial charge in [-0.25, -0.2) is 9.78 Å². The molecule has 0 bridgehead atoms. The van der Waals surface area contributed by atoms with Crippen LogP contribution in [0.15, 0.2) is 54.6 Å². The largest absolute Gasteiger partial charge is 0.492 e. The molecule has 1 N–H and O–H groups in total. The van der Waals surface area contributed by atoms with E-state index >= 15 is 0 Å². The smallest absolute Gasteiger partial charge is 0.336 e. The fourth-order valence-corrected chi connectivity index (χ4v) is 3.70. The van der Waals surface area contributed by atoms with E-state index < -0.39 is 5.97 Å². The van der Waals surface area contributed by atoms with E-state index in [9.17, 15) is 9.90 Å². The van der Waals surface area contributed by atoms with Gasteiger partial charge in [-0.2, -0.15) is 0 Å². The molecule has 2 aromatic carbocycles. The topological polar surface area (TPSA) is 62.7 Å². The number of aromatic nitrogens is 1. The molecule has 0 spiro atoms. The molecule has 1 fully saturated rings. The van der Waals surface area contributed by atoms with Crippen LogP contribution >= 0.6 is 0 Å². The summed E-state index contributed by atoms with van der Waals surface area (Å²) in [5.74, 6) is -0.281. The maximum Gasteiger partial charge on any atom is 0.336 e. The summed E-state index contributed by atoms with van der Waals surface area (Å²) in [4.78, 5) is 18.9. The van der Waals surface area contributed by atoms with Gasteiger partial charge in [-0.3, -0.25) is 4.90 Å². The molecule has 0 aliphatic carbocycles. The highest BCUT2D eigenvalue weighted by molar-refractivity contribution is 6.04. The van der Waals surface area contributed by atoms with Gasteiger partial charge in [0.2, 0.25) is 0 Å². The van der Waals surface area contributed by atoms with Crippen molar-refractivity contribution >= 4 is 16.9 Å². The maximum absolute atomic E-state index is 11.9. The highest BCUT2D eigenvalue weighted by Gasteiger charge is 2.14. The number of pyridine rings is 1. The molecule has 0 radical (unpaired) electrons. The molecule has 0 amide bonds. The van der Waals surface area contributed by atoms with Crippen LogP contribution in [0.4, 0.5) is 0 Å². The van der Waals surface area contributed by atoms with Crippen LogP contribution in [0.5, 0.6) is 5.75 Å². The molecule has 0 saturated carbocycles. The fourth-order valence-electron chi connectivity index (χ4n) is 3.70. The Labute approximate surface area is 164 Å². The molecule has 5 heteroatoms. The van der Waals surface area contributed by atoms with Gasteiger partial charge in [0.1, 0.15) is 12.4 Å². The number of piperidine rings is 1. The third-order valence-corrected chi connectivity index (χ3v) is 5.21. The molecule has 28 heavy (non-hydrogen) atoms. The van der Waals surface area contributed by atoms with Gasteiger partial charge in [-0.15, -0.1) is 0 Å². The zero-order valence-corrected chi connectivity index (χ0v) is 15.8. The summed E-state index contributed by atoms with van der Waals surface area (Å²) in [6, 6.07) is 16.7. The first-order valence-electron chi connectivity index (χ1n) is 9.79. The Morgan fingerprint density at radius 2 is 1.82 bits per heavy atom. The third kappa shape index (κ3) is 4.15. The molecule has 0 unspecified atom stereocenters. The molecule has 4 rings (SSSR count). The normalized spacial score (nSPS) is 14.9. The summed E-state index contributed by atoms with van der Waals surface area (Å²) in [7, 11) is 0. The minimum absolute atomic E-state index is 0.241. The molecule has 144 valence electrons. The van der Waals surface area contributed by atoms with Crippen LogP contribution in [-0.2, 0) is 0 Å². The number of fused-ring (bicyclic) bond motifs is 1. The lowest BCUT2D eigenvalue weighted by Crippen LogP contribution is -2.33. The first-order valence-corrected chi connectivity index (χ1v) is 9.79. The van der Waals surface area contributed by atoms with E-state index in [1.165, 1.54) is 19.3 Å². The predicted molar refractivity (Wildman–Crippen MR) is 110 cm³/mol. The summed E-state index contributed by atoms with van der Waals surface area (Å²) < 4.78 is 5.90. The fraction of sp³-hybridized carbons (Fsp3) is 0.304. The second kappa shape index (κ2) is 8.40. The van der Waals surface area contributed by atoms with Crippen molar-refractivity contribution < 1.29 is 14.6 Å². The van der Waals surface area contributed by atoms with Gasteiger partial charge in [-0.05, 0) is 50.2 Å². The van der Waals surface area contributed by atoms with Crippen molar-refractivity contribution in [2.24, 2.45) is 0 Å². The Kier molecular flexibility index (Phi) is 5.53. The predicted octanol–water partition coefficient (Wildman–Crippen LogP) is 4.46. The molecule has 1 saturated heterocycles. The van der Waals surface area contributed by atoms with Crippen molar-refractivity contribution in [3.63, 3.8) is 0 Å². The number of nitrogens with zero attached hydrogens (tertiary/aromatic N) is 2. The molecule has 1 aromatic heterocycles. The van der Waals surface area contributed by atoms with Crippen LogP contribution in [0.1, 0.15) is 29.6 Å².